The lowest BCUT2D eigenvalue weighted by Gasteiger charge is -2.12. The standard InChI is InChI=1S/C13H18N2O2S/c1-4-7-14-13(18)15-11-8-10(12(16)17-3)6-5-9(11)2/h5-6,8H,4,7H2,1-3H3,(H2,14,15,18). The van der Waals surface area contributed by atoms with Crippen molar-refractivity contribution in [2.24, 2.45) is 0 Å². The smallest absolute Gasteiger partial charge is 0.337 e. The number of ether oxygens (including phenoxy) is 1. The fraction of sp³-hybridized carbons (Fsp3) is 0.385. The van der Waals surface area contributed by atoms with Crippen molar-refractivity contribution in [3.05, 3.63) is 29.3 Å². The van der Waals surface area contributed by atoms with Gasteiger partial charge in [-0.05, 0) is 43.3 Å². The van der Waals surface area contributed by atoms with E-state index in [1.54, 1.807) is 12.1 Å². The molecule has 0 unspecified atom stereocenters. The zero-order valence-electron chi connectivity index (χ0n) is 10.9. The molecule has 0 spiro atoms. The molecule has 0 amide bonds. The Morgan fingerprint density at radius 3 is 2.78 bits per heavy atom. The maximum Gasteiger partial charge on any atom is 0.337 e. The molecule has 0 aliphatic rings. The molecule has 0 heterocycles. The minimum Gasteiger partial charge on any atom is -0.465 e. The van der Waals surface area contributed by atoms with Gasteiger partial charge in [0.05, 0.1) is 12.7 Å². The third-order valence-corrected chi connectivity index (χ3v) is 2.69. The van der Waals surface area contributed by atoms with Gasteiger partial charge in [0.1, 0.15) is 0 Å². The van der Waals surface area contributed by atoms with E-state index in [1.165, 1.54) is 7.11 Å². The molecule has 0 radical (unpaired) electrons. The quantitative estimate of drug-likeness (QED) is 0.647. The van der Waals surface area contributed by atoms with Gasteiger partial charge in [0.2, 0.25) is 0 Å². The number of aryl methyl sites for hydroxylation is 1. The average molecular weight is 266 g/mol. The van der Waals surface area contributed by atoms with Gasteiger partial charge in [-0.25, -0.2) is 4.79 Å². The van der Waals surface area contributed by atoms with Crippen molar-refractivity contribution in [2.75, 3.05) is 19.0 Å². The molecule has 0 bridgehead atoms. The second-order valence-electron chi connectivity index (χ2n) is 3.90. The fourth-order valence-corrected chi connectivity index (χ4v) is 1.62. The molecular formula is C13H18N2O2S. The lowest BCUT2D eigenvalue weighted by atomic mass is 10.1. The summed E-state index contributed by atoms with van der Waals surface area (Å²) < 4.78 is 4.69. The maximum atomic E-state index is 11.4. The Balaban J connectivity index is 2.81. The summed E-state index contributed by atoms with van der Waals surface area (Å²) in [5, 5.41) is 6.71. The predicted octanol–water partition coefficient (Wildman–Crippen LogP) is 2.48. The van der Waals surface area contributed by atoms with Crippen LogP contribution in [-0.2, 0) is 4.74 Å². The van der Waals surface area contributed by atoms with E-state index < -0.39 is 0 Å². The minimum absolute atomic E-state index is 0.356. The molecular weight excluding hydrogens is 248 g/mol. The molecule has 0 aliphatic carbocycles. The second-order valence-corrected chi connectivity index (χ2v) is 4.31. The molecule has 0 aliphatic heterocycles. The second kappa shape index (κ2) is 6.96. The van der Waals surface area contributed by atoms with Gasteiger partial charge in [-0.1, -0.05) is 13.0 Å². The maximum absolute atomic E-state index is 11.4. The first-order valence-electron chi connectivity index (χ1n) is 5.82. The summed E-state index contributed by atoms with van der Waals surface area (Å²) in [6, 6.07) is 5.33. The lowest BCUT2D eigenvalue weighted by molar-refractivity contribution is 0.0601. The largest absolute Gasteiger partial charge is 0.465 e. The van der Waals surface area contributed by atoms with Crippen molar-refractivity contribution in [2.45, 2.75) is 20.3 Å². The summed E-state index contributed by atoms with van der Waals surface area (Å²) in [5.41, 5.74) is 2.33. The van der Waals surface area contributed by atoms with Crippen LogP contribution in [0, 0.1) is 6.92 Å². The van der Waals surface area contributed by atoms with Crippen LogP contribution in [0.3, 0.4) is 0 Å². The van der Waals surface area contributed by atoms with Crippen molar-refractivity contribution >= 4 is 29.0 Å². The Labute approximate surface area is 113 Å². The zero-order valence-corrected chi connectivity index (χ0v) is 11.7. The SMILES string of the molecule is CCCNC(=S)Nc1cc(C(=O)OC)ccc1C. The minimum atomic E-state index is -0.356. The lowest BCUT2D eigenvalue weighted by Crippen LogP contribution is -2.29. The number of hydrogen-bond donors (Lipinski definition) is 2. The fourth-order valence-electron chi connectivity index (χ4n) is 1.41. The number of nitrogens with one attached hydrogen (secondary N) is 2. The van der Waals surface area contributed by atoms with Crippen molar-refractivity contribution < 1.29 is 9.53 Å². The summed E-state index contributed by atoms with van der Waals surface area (Å²) in [4.78, 5) is 11.4. The number of esters is 1. The van der Waals surface area contributed by atoms with E-state index in [4.69, 9.17) is 12.2 Å². The van der Waals surface area contributed by atoms with Crippen molar-refractivity contribution in [3.8, 4) is 0 Å². The normalized spacial score (nSPS) is 9.72. The topological polar surface area (TPSA) is 50.4 Å². The van der Waals surface area contributed by atoms with E-state index in [2.05, 4.69) is 22.3 Å². The van der Waals surface area contributed by atoms with Crippen LogP contribution in [0.5, 0.6) is 0 Å². The molecule has 0 saturated carbocycles. The van der Waals surface area contributed by atoms with E-state index in [0.29, 0.717) is 10.7 Å². The number of rotatable bonds is 4. The third kappa shape index (κ3) is 4.00. The highest BCUT2D eigenvalue weighted by molar-refractivity contribution is 7.80. The van der Waals surface area contributed by atoms with Crippen LogP contribution in [0.15, 0.2) is 18.2 Å². The van der Waals surface area contributed by atoms with Crippen molar-refractivity contribution in [1.82, 2.24) is 5.32 Å². The Kier molecular flexibility index (Phi) is 5.58. The molecule has 1 aromatic rings. The first-order valence-corrected chi connectivity index (χ1v) is 6.23. The van der Waals surface area contributed by atoms with Gasteiger partial charge >= 0.3 is 5.97 Å². The van der Waals surface area contributed by atoms with Gasteiger partial charge in [0.15, 0.2) is 5.11 Å². The monoisotopic (exact) mass is 266 g/mol. The van der Waals surface area contributed by atoms with Gasteiger partial charge < -0.3 is 15.4 Å². The van der Waals surface area contributed by atoms with Crippen LogP contribution in [-0.4, -0.2) is 24.7 Å². The predicted molar refractivity (Wildman–Crippen MR) is 77.0 cm³/mol. The van der Waals surface area contributed by atoms with Gasteiger partial charge in [0, 0.05) is 12.2 Å². The highest BCUT2D eigenvalue weighted by atomic mass is 32.1. The van der Waals surface area contributed by atoms with Crippen LogP contribution >= 0.6 is 12.2 Å². The molecule has 0 fully saturated rings. The molecule has 18 heavy (non-hydrogen) atoms. The molecule has 4 nitrogen and oxygen atoms in total. The van der Waals surface area contributed by atoms with Crippen molar-refractivity contribution in [1.29, 1.82) is 0 Å². The van der Waals surface area contributed by atoms with E-state index >= 15 is 0 Å². The molecule has 1 rings (SSSR count). The summed E-state index contributed by atoms with van der Waals surface area (Å²) in [7, 11) is 1.36. The van der Waals surface area contributed by atoms with Crippen LogP contribution in [0.2, 0.25) is 0 Å². The summed E-state index contributed by atoms with van der Waals surface area (Å²) in [6.07, 6.45) is 1.00. The van der Waals surface area contributed by atoms with E-state index in [0.717, 1.165) is 24.2 Å². The Hall–Kier alpha value is -1.62. The molecule has 1 aromatic carbocycles. The molecule has 5 heteroatoms. The summed E-state index contributed by atoms with van der Waals surface area (Å²) >= 11 is 5.16. The Morgan fingerprint density at radius 2 is 2.17 bits per heavy atom. The number of benzene rings is 1. The van der Waals surface area contributed by atoms with Crippen LogP contribution in [0.1, 0.15) is 29.3 Å². The van der Waals surface area contributed by atoms with Gasteiger partial charge in [-0.2, -0.15) is 0 Å². The molecule has 0 atom stereocenters. The van der Waals surface area contributed by atoms with Crippen LogP contribution < -0.4 is 10.6 Å². The number of carbonyl (C=O) groups excluding carboxylic acids is 1. The summed E-state index contributed by atoms with van der Waals surface area (Å²) in [6.45, 7) is 4.84. The third-order valence-electron chi connectivity index (χ3n) is 2.44. The Morgan fingerprint density at radius 1 is 1.44 bits per heavy atom. The molecule has 98 valence electrons. The summed E-state index contributed by atoms with van der Waals surface area (Å²) in [5.74, 6) is -0.356. The van der Waals surface area contributed by atoms with Crippen molar-refractivity contribution in [3.63, 3.8) is 0 Å². The highest BCUT2D eigenvalue weighted by Crippen LogP contribution is 2.17. The van der Waals surface area contributed by atoms with Gasteiger partial charge in [0.25, 0.3) is 0 Å². The number of hydrogen-bond acceptors (Lipinski definition) is 3. The Bertz CT molecular complexity index is 447. The molecule has 0 aromatic heterocycles. The zero-order chi connectivity index (χ0) is 13.5. The first kappa shape index (κ1) is 14.4. The number of carbonyl (C=O) groups is 1. The molecule has 0 saturated heterocycles. The number of anilines is 1. The van der Waals surface area contributed by atoms with Gasteiger partial charge in [-0.3, -0.25) is 0 Å². The number of methoxy groups -OCH3 is 1. The molecule has 2 N–H and O–H groups in total. The number of thiocarbonyl (C=S) groups is 1. The average Bonchev–Trinajstić information content (AvgIpc) is 2.38. The first-order chi connectivity index (χ1) is 8.58. The van der Waals surface area contributed by atoms with E-state index in [9.17, 15) is 4.79 Å². The van der Waals surface area contributed by atoms with Crippen LogP contribution in [0.25, 0.3) is 0 Å². The van der Waals surface area contributed by atoms with E-state index in [-0.39, 0.29) is 5.97 Å². The van der Waals surface area contributed by atoms with Crippen LogP contribution in [0.4, 0.5) is 5.69 Å². The van der Waals surface area contributed by atoms with E-state index in [1.807, 2.05) is 13.0 Å². The highest BCUT2D eigenvalue weighted by Gasteiger charge is 2.08. The van der Waals surface area contributed by atoms with Gasteiger partial charge in [-0.15, -0.1) is 0 Å².